The van der Waals surface area contributed by atoms with Crippen LogP contribution >= 0.6 is 0 Å². The Morgan fingerprint density at radius 3 is 2.33 bits per heavy atom. The van der Waals surface area contributed by atoms with Crippen LogP contribution in [-0.2, 0) is 29.3 Å². The third-order valence-electron chi connectivity index (χ3n) is 11.6. The number of hydrogen-bond donors (Lipinski definition) is 6. The number of quaternary nitrogens is 1. The maximum atomic E-state index is 14.4. The number of hydrogen-bond acceptors (Lipinski definition) is 12. The number of carbonyl (C=O) groups excluding carboxylic acids is 3. The topological polar surface area (TPSA) is 195 Å². The highest BCUT2D eigenvalue weighted by Crippen LogP contribution is 2.57. The van der Waals surface area contributed by atoms with Crippen LogP contribution < -0.4 is 15.5 Å². The summed E-state index contributed by atoms with van der Waals surface area (Å²) in [6.45, 7) is 0.922. The predicted molar refractivity (Wildman–Crippen MR) is 174 cm³/mol. The second-order valence-electron chi connectivity index (χ2n) is 14.1. The average Bonchev–Trinajstić information content (AvgIpc) is 3.60. The molecule has 0 radical (unpaired) electrons. The third kappa shape index (κ3) is 4.33. The number of Topliss-reactive ketones (excluding diaryl/α,β-unsaturated/α-hetero) is 2. The molecule has 15 heteroatoms. The SMILES string of the molecule is COc1ccc([B-]23OCC[N+]2(CNC(=O)C2=C(O)[C@@]4(O)C(=O)C5=C(O)c6c(O)cccc6[C@](C)(O)[C@@H]5C[C@H]4[C@@H](N(C)C)C2=O)CCO3)cc1. The number of ether oxygens (including phenoxy) is 1. The highest BCUT2D eigenvalue weighted by atomic mass is 16.6. The second-order valence-corrected chi connectivity index (χ2v) is 14.1. The van der Waals surface area contributed by atoms with Crippen LogP contribution in [0, 0.1) is 11.8 Å². The van der Waals surface area contributed by atoms with Gasteiger partial charge in [0.05, 0.1) is 50.6 Å². The number of likely N-dealkylation sites (N-methyl/N-ethyl adjacent to an activating group) is 1. The average molecular weight is 678 g/mol. The molecule has 2 aliphatic heterocycles. The zero-order valence-electron chi connectivity index (χ0n) is 27.7. The molecule has 260 valence electrons. The molecule has 5 aliphatic rings. The Hall–Kier alpha value is -4.25. The molecule has 5 atom stereocenters. The number of rotatable bonds is 6. The monoisotopic (exact) mass is 677 g/mol. The van der Waals surface area contributed by atoms with Gasteiger partial charge >= 0.3 is 6.69 Å². The van der Waals surface area contributed by atoms with Crippen LogP contribution in [0.5, 0.6) is 11.5 Å². The molecule has 1 saturated carbocycles. The number of methoxy groups -OCH3 is 1. The van der Waals surface area contributed by atoms with E-state index in [1.165, 1.54) is 30.0 Å². The molecule has 2 saturated heterocycles. The number of amides is 1. The molecule has 2 heterocycles. The van der Waals surface area contributed by atoms with Crippen LogP contribution in [0.1, 0.15) is 24.5 Å². The van der Waals surface area contributed by atoms with Gasteiger partial charge in [-0.1, -0.05) is 29.7 Å². The minimum absolute atomic E-state index is 0.0513. The van der Waals surface area contributed by atoms with Gasteiger partial charge < -0.3 is 49.3 Å². The number of benzene rings is 2. The van der Waals surface area contributed by atoms with Gasteiger partial charge in [-0.05, 0) is 51.2 Å². The molecule has 0 bridgehead atoms. The number of phenols is 1. The highest BCUT2D eigenvalue weighted by molar-refractivity contribution is 6.75. The van der Waals surface area contributed by atoms with E-state index in [4.69, 9.17) is 14.0 Å². The van der Waals surface area contributed by atoms with Crippen molar-refractivity contribution < 1.29 is 58.4 Å². The van der Waals surface area contributed by atoms with Gasteiger partial charge in [-0.2, -0.15) is 0 Å². The fourth-order valence-electron chi connectivity index (χ4n) is 9.04. The number of ketones is 2. The smallest absolute Gasteiger partial charge is 0.504 e. The van der Waals surface area contributed by atoms with E-state index in [-0.39, 0.29) is 28.6 Å². The zero-order valence-corrected chi connectivity index (χ0v) is 27.7. The molecule has 7 rings (SSSR count). The quantitative estimate of drug-likeness (QED) is 0.177. The van der Waals surface area contributed by atoms with Crippen LogP contribution in [0.3, 0.4) is 0 Å². The van der Waals surface area contributed by atoms with Crippen LogP contribution in [0.25, 0.3) is 5.76 Å². The van der Waals surface area contributed by atoms with E-state index < -0.39 is 81.7 Å². The summed E-state index contributed by atoms with van der Waals surface area (Å²) < 4.78 is 18.0. The van der Waals surface area contributed by atoms with E-state index in [2.05, 4.69) is 5.32 Å². The first-order valence-electron chi connectivity index (χ1n) is 16.3. The van der Waals surface area contributed by atoms with Gasteiger partial charge in [-0.3, -0.25) is 19.3 Å². The summed E-state index contributed by atoms with van der Waals surface area (Å²) in [5.41, 5.74) is -5.08. The maximum Gasteiger partial charge on any atom is 0.504 e. The van der Waals surface area contributed by atoms with Crippen molar-refractivity contribution in [1.82, 2.24) is 10.2 Å². The first-order valence-corrected chi connectivity index (χ1v) is 16.3. The molecule has 2 aromatic carbocycles. The van der Waals surface area contributed by atoms with Crippen LogP contribution in [0.15, 0.2) is 59.4 Å². The molecule has 49 heavy (non-hydrogen) atoms. The molecule has 6 N–H and O–H groups in total. The summed E-state index contributed by atoms with van der Waals surface area (Å²) in [4.78, 5) is 44.0. The van der Waals surface area contributed by atoms with E-state index in [0.717, 1.165) is 5.46 Å². The lowest BCUT2D eigenvalue weighted by Gasteiger charge is -2.53. The Bertz CT molecular complexity index is 1830. The van der Waals surface area contributed by atoms with Gasteiger partial charge in [0.15, 0.2) is 11.4 Å². The van der Waals surface area contributed by atoms with E-state index >= 15 is 0 Å². The normalized spacial score (nSPS) is 35.2. The van der Waals surface area contributed by atoms with Gasteiger partial charge in [0.2, 0.25) is 5.78 Å². The first-order chi connectivity index (χ1) is 23.2. The third-order valence-corrected chi connectivity index (χ3v) is 11.6. The Balaban J connectivity index is 1.27. The summed E-state index contributed by atoms with van der Waals surface area (Å²) in [5, 5.41) is 60.4. The van der Waals surface area contributed by atoms with Gasteiger partial charge in [-0.15, -0.1) is 0 Å². The van der Waals surface area contributed by atoms with Crippen molar-refractivity contribution in [2.75, 3.05) is 54.2 Å². The van der Waals surface area contributed by atoms with Crippen molar-refractivity contribution in [2.24, 2.45) is 11.8 Å². The number of aliphatic hydroxyl groups is 4. The molecule has 0 unspecified atom stereocenters. The number of phenolic OH excluding ortho intramolecular Hbond substituents is 1. The fraction of sp³-hybridized carbons (Fsp3) is 0.441. The van der Waals surface area contributed by atoms with Gasteiger partial charge in [0.1, 0.15) is 35.3 Å². The molecular weight excluding hydrogens is 637 g/mol. The number of carbonyl (C=O) groups is 3. The van der Waals surface area contributed by atoms with Gasteiger partial charge in [0, 0.05) is 17.4 Å². The Kier molecular flexibility index (Phi) is 7.56. The van der Waals surface area contributed by atoms with Crippen molar-refractivity contribution in [3.05, 3.63) is 70.5 Å². The summed E-state index contributed by atoms with van der Waals surface area (Å²) >= 11 is 0. The Morgan fingerprint density at radius 1 is 1.06 bits per heavy atom. The van der Waals surface area contributed by atoms with Crippen LogP contribution in [-0.4, -0.2) is 125 Å². The lowest BCUT2D eigenvalue weighted by molar-refractivity contribution is -0.822. The first kappa shape index (κ1) is 33.3. The predicted octanol–water partition coefficient (Wildman–Crippen LogP) is -0.0507. The van der Waals surface area contributed by atoms with Crippen molar-refractivity contribution in [2.45, 2.75) is 30.6 Å². The molecule has 1 amide bonds. The summed E-state index contributed by atoms with van der Waals surface area (Å²) in [5.74, 6) is -6.95. The maximum absolute atomic E-state index is 14.4. The van der Waals surface area contributed by atoms with Crippen molar-refractivity contribution in [1.29, 1.82) is 0 Å². The molecule has 0 aromatic heterocycles. The Labute approximate surface area is 282 Å². The second kappa shape index (κ2) is 11.1. The van der Waals surface area contributed by atoms with Gasteiger partial charge in [0.25, 0.3) is 5.91 Å². The minimum atomic E-state index is -2.82. The van der Waals surface area contributed by atoms with Crippen molar-refractivity contribution in [3.63, 3.8) is 0 Å². The molecule has 14 nitrogen and oxygen atoms in total. The van der Waals surface area contributed by atoms with E-state index in [1.54, 1.807) is 33.3 Å². The number of nitrogens with one attached hydrogen (secondary N) is 1. The summed E-state index contributed by atoms with van der Waals surface area (Å²) in [7, 11) is 4.66. The zero-order chi connectivity index (χ0) is 35.3. The number of aromatic hydroxyl groups is 1. The van der Waals surface area contributed by atoms with Crippen molar-refractivity contribution in [3.8, 4) is 11.5 Å². The standard InChI is InChI=1S/C34H40BN3O11/c1-33(45)20-6-5-7-23(39)24(20)28(40)25-21(33)16-22-27(37(2)3)29(41)26(31(43)34(22,46)30(25)42)32(44)36-17-38-12-14-48-35(38,49-15-13-38)18-8-10-19(47-4)11-9-18/h5-11,21-22,27,39-40,43,45-46H,12-17H2,1-4H3,(H,36,44)/t21-,22+,27-,33+,34+,35?,38?/m1/s1. The molecule has 2 aromatic rings. The molecular formula is C34H40BN3O11. The summed E-state index contributed by atoms with van der Waals surface area (Å²) in [6.07, 6.45) is -0.223. The number of fused-ring (bicyclic) bond motifs is 4. The van der Waals surface area contributed by atoms with E-state index in [1.807, 2.05) is 12.1 Å². The molecule has 3 fully saturated rings. The highest BCUT2D eigenvalue weighted by Gasteiger charge is 2.67. The summed E-state index contributed by atoms with van der Waals surface area (Å²) in [6, 6.07) is 10.3. The minimum Gasteiger partial charge on any atom is -0.508 e. The molecule has 3 aliphatic carbocycles. The number of aliphatic hydroxyl groups excluding tert-OH is 2. The lowest BCUT2D eigenvalue weighted by atomic mass is 9.54. The van der Waals surface area contributed by atoms with E-state index in [0.29, 0.717) is 32.1 Å². The molecule has 0 spiro atoms. The van der Waals surface area contributed by atoms with Crippen molar-refractivity contribution >= 4 is 35.4 Å². The number of nitrogens with zero attached hydrogens (tertiary/aromatic N) is 2. The lowest BCUT2D eigenvalue weighted by Crippen LogP contribution is -2.72. The van der Waals surface area contributed by atoms with Crippen LogP contribution in [0.2, 0.25) is 0 Å². The Morgan fingerprint density at radius 2 is 1.71 bits per heavy atom. The van der Waals surface area contributed by atoms with E-state index in [9.17, 15) is 39.9 Å². The fourth-order valence-corrected chi connectivity index (χ4v) is 9.04. The van der Waals surface area contributed by atoms with Gasteiger partial charge in [-0.25, -0.2) is 0 Å². The van der Waals surface area contributed by atoms with Crippen LogP contribution in [0.4, 0.5) is 0 Å². The largest absolute Gasteiger partial charge is 0.508 e.